The van der Waals surface area contributed by atoms with Gasteiger partial charge in [0.1, 0.15) is 0 Å². The minimum absolute atomic E-state index is 0.173. The van der Waals surface area contributed by atoms with Crippen LogP contribution in [-0.2, 0) is 11.3 Å². The van der Waals surface area contributed by atoms with E-state index in [4.69, 9.17) is 0 Å². The van der Waals surface area contributed by atoms with Gasteiger partial charge in [-0.15, -0.1) is 0 Å². The molecule has 5 nitrogen and oxygen atoms in total. The zero-order chi connectivity index (χ0) is 20.5. The average molecular weight is 395 g/mol. The van der Waals surface area contributed by atoms with Crippen molar-refractivity contribution in [3.05, 3.63) is 118 Å². The van der Waals surface area contributed by atoms with E-state index in [2.05, 4.69) is 21.6 Å². The summed E-state index contributed by atoms with van der Waals surface area (Å²) < 4.78 is 0. The van der Waals surface area contributed by atoms with Crippen molar-refractivity contribution in [3.63, 3.8) is 0 Å². The van der Waals surface area contributed by atoms with Gasteiger partial charge in [-0.1, -0.05) is 66.8 Å². The van der Waals surface area contributed by atoms with Crippen molar-refractivity contribution >= 4 is 5.91 Å². The van der Waals surface area contributed by atoms with Gasteiger partial charge in [-0.25, -0.2) is 0 Å². The first kappa shape index (κ1) is 18.5. The Morgan fingerprint density at radius 3 is 2.80 bits per heavy atom. The Balaban J connectivity index is 1.50. The summed E-state index contributed by atoms with van der Waals surface area (Å²) in [4.78, 5) is 12.9. The predicted molar refractivity (Wildman–Crippen MR) is 115 cm³/mol. The lowest BCUT2D eigenvalue weighted by atomic mass is 9.81. The number of aliphatic hydroxyl groups is 1. The molecular formula is C25H21N3O2. The molecule has 0 saturated heterocycles. The maximum Gasteiger partial charge on any atom is 0.251 e. The molecule has 148 valence electrons. The van der Waals surface area contributed by atoms with Gasteiger partial charge in [0.15, 0.2) is 6.04 Å². The van der Waals surface area contributed by atoms with E-state index >= 15 is 0 Å². The third-order valence-electron chi connectivity index (χ3n) is 5.62. The van der Waals surface area contributed by atoms with Crippen LogP contribution in [-0.4, -0.2) is 23.2 Å². The van der Waals surface area contributed by atoms with E-state index in [0.29, 0.717) is 12.2 Å². The molecule has 1 amide bonds. The maximum atomic E-state index is 12.9. The fourth-order valence-corrected chi connectivity index (χ4v) is 4.11. The van der Waals surface area contributed by atoms with Gasteiger partial charge in [0.25, 0.3) is 5.91 Å². The van der Waals surface area contributed by atoms with Crippen molar-refractivity contribution in [2.75, 3.05) is 0 Å². The third-order valence-corrected chi connectivity index (χ3v) is 5.62. The number of benzene rings is 1. The molecule has 1 heterocycles. The largest absolute Gasteiger partial charge is 0.384 e. The van der Waals surface area contributed by atoms with Crippen molar-refractivity contribution in [3.8, 4) is 0 Å². The fraction of sp³-hybridized carbons (Fsp3) is 0.160. The van der Waals surface area contributed by atoms with Crippen molar-refractivity contribution < 1.29 is 9.90 Å². The second-order valence-electron chi connectivity index (χ2n) is 7.55. The highest BCUT2D eigenvalue weighted by molar-refractivity contribution is 5.87. The highest BCUT2D eigenvalue weighted by atomic mass is 16.3. The number of carbonyl (C=O) groups excluding carboxylic acids is 1. The van der Waals surface area contributed by atoms with Crippen LogP contribution in [0.5, 0.6) is 0 Å². The number of azo groups is 1. The van der Waals surface area contributed by atoms with Crippen LogP contribution < -0.4 is 5.32 Å². The van der Waals surface area contributed by atoms with Gasteiger partial charge in [-0.2, -0.15) is 10.2 Å². The minimum atomic E-state index is -0.681. The highest BCUT2D eigenvalue weighted by Crippen LogP contribution is 2.39. The van der Waals surface area contributed by atoms with Crippen LogP contribution in [0.1, 0.15) is 12.0 Å². The smallest absolute Gasteiger partial charge is 0.251 e. The van der Waals surface area contributed by atoms with Gasteiger partial charge in [0.2, 0.25) is 0 Å². The lowest BCUT2D eigenvalue weighted by molar-refractivity contribution is -0.121. The summed E-state index contributed by atoms with van der Waals surface area (Å²) in [6.07, 6.45) is 15.7. The summed E-state index contributed by atoms with van der Waals surface area (Å²) in [5.41, 5.74) is 6.33. The molecular weight excluding hydrogens is 374 g/mol. The summed E-state index contributed by atoms with van der Waals surface area (Å²) in [5.74, 6) is -0.173. The molecule has 0 bridgehead atoms. The second-order valence-corrected chi connectivity index (χ2v) is 7.55. The van der Waals surface area contributed by atoms with Crippen LogP contribution in [0.15, 0.2) is 123 Å². The number of rotatable bonds is 3. The number of hydrogen-bond donors (Lipinski definition) is 2. The SMILES string of the molecule is O=C(NCc1ccccc1)C1N=NC2=CC3=CC=CC(O)C3=C3CC=CC=C3C=C21. The molecule has 1 aliphatic heterocycles. The fourth-order valence-electron chi connectivity index (χ4n) is 4.11. The summed E-state index contributed by atoms with van der Waals surface area (Å²) in [6.45, 7) is 0.445. The molecule has 0 saturated carbocycles. The van der Waals surface area contributed by atoms with Crippen LogP contribution in [0.4, 0.5) is 0 Å². The van der Waals surface area contributed by atoms with Gasteiger partial charge in [-0.05, 0) is 46.4 Å². The molecule has 2 atom stereocenters. The first-order valence-corrected chi connectivity index (χ1v) is 10.0. The second kappa shape index (κ2) is 7.69. The molecule has 0 radical (unpaired) electrons. The van der Waals surface area contributed by atoms with E-state index in [1.807, 2.05) is 66.8 Å². The number of allylic oxidation sites excluding steroid dienone is 9. The number of aliphatic hydroxyl groups excluding tert-OH is 1. The van der Waals surface area contributed by atoms with Crippen LogP contribution in [0.3, 0.4) is 0 Å². The molecule has 0 fully saturated rings. The standard InChI is InChI=1S/C25H21N3O2/c29-22-12-6-10-18-14-21-20(13-17-9-4-5-11-19(17)23(18)22)24(28-27-21)25(30)26-15-16-7-2-1-3-8-16/h1-10,12-14,22,24,29H,11,15H2,(H,26,30). The summed E-state index contributed by atoms with van der Waals surface area (Å²) in [7, 11) is 0. The van der Waals surface area contributed by atoms with Gasteiger partial charge < -0.3 is 10.4 Å². The van der Waals surface area contributed by atoms with Crippen molar-refractivity contribution in [1.29, 1.82) is 0 Å². The molecule has 3 aliphatic carbocycles. The zero-order valence-corrected chi connectivity index (χ0v) is 16.3. The lowest BCUT2D eigenvalue weighted by Crippen LogP contribution is -2.33. The number of hydrogen-bond acceptors (Lipinski definition) is 4. The topological polar surface area (TPSA) is 74.0 Å². The van der Waals surface area contributed by atoms with Crippen molar-refractivity contribution in [2.24, 2.45) is 10.2 Å². The molecule has 1 aromatic carbocycles. The number of nitrogens with one attached hydrogen (secondary N) is 1. The molecule has 1 aromatic rings. The molecule has 30 heavy (non-hydrogen) atoms. The Morgan fingerprint density at radius 2 is 1.93 bits per heavy atom. The third kappa shape index (κ3) is 3.33. The quantitative estimate of drug-likeness (QED) is 0.812. The molecule has 5 rings (SSSR count). The molecule has 2 N–H and O–H groups in total. The van der Waals surface area contributed by atoms with Gasteiger partial charge in [0, 0.05) is 12.1 Å². The lowest BCUT2D eigenvalue weighted by Gasteiger charge is -2.25. The van der Waals surface area contributed by atoms with E-state index in [9.17, 15) is 9.90 Å². The molecule has 0 spiro atoms. The molecule has 4 aliphatic rings. The highest BCUT2D eigenvalue weighted by Gasteiger charge is 2.33. The summed E-state index contributed by atoms with van der Waals surface area (Å²) in [6, 6.07) is 9.12. The van der Waals surface area contributed by atoms with E-state index in [1.165, 1.54) is 0 Å². The number of fused-ring (bicyclic) bond motifs is 3. The van der Waals surface area contributed by atoms with Gasteiger partial charge >= 0.3 is 0 Å². The zero-order valence-electron chi connectivity index (χ0n) is 16.3. The van der Waals surface area contributed by atoms with E-state index in [0.717, 1.165) is 39.8 Å². The van der Waals surface area contributed by atoms with Crippen molar-refractivity contribution in [2.45, 2.75) is 25.1 Å². The molecule has 2 unspecified atom stereocenters. The molecule has 5 heteroatoms. The minimum Gasteiger partial charge on any atom is -0.384 e. The van der Waals surface area contributed by atoms with Crippen LogP contribution in [0, 0.1) is 0 Å². The van der Waals surface area contributed by atoms with Crippen LogP contribution in [0.25, 0.3) is 0 Å². The van der Waals surface area contributed by atoms with E-state index in [-0.39, 0.29) is 5.91 Å². The molecule has 0 aromatic heterocycles. The van der Waals surface area contributed by atoms with Crippen LogP contribution >= 0.6 is 0 Å². The Morgan fingerprint density at radius 1 is 1.10 bits per heavy atom. The predicted octanol–water partition coefficient (Wildman–Crippen LogP) is 4.00. The number of nitrogens with zero attached hydrogens (tertiary/aromatic N) is 2. The number of amides is 1. The van der Waals surface area contributed by atoms with Crippen molar-refractivity contribution in [1.82, 2.24) is 5.32 Å². The van der Waals surface area contributed by atoms with Gasteiger partial charge in [0.05, 0.1) is 11.8 Å². The summed E-state index contributed by atoms with van der Waals surface area (Å²) in [5, 5.41) is 22.2. The van der Waals surface area contributed by atoms with Crippen LogP contribution in [0.2, 0.25) is 0 Å². The first-order chi connectivity index (χ1) is 14.7. The normalized spacial score (nSPS) is 23.9. The van der Waals surface area contributed by atoms with E-state index < -0.39 is 12.1 Å². The van der Waals surface area contributed by atoms with Gasteiger partial charge in [-0.3, -0.25) is 4.79 Å². The Bertz CT molecular complexity index is 1140. The average Bonchev–Trinajstić information content (AvgIpc) is 3.14. The Kier molecular flexibility index (Phi) is 4.73. The Labute approximate surface area is 174 Å². The Hall–Kier alpha value is -3.57. The van der Waals surface area contributed by atoms with E-state index in [1.54, 1.807) is 6.08 Å². The maximum absolute atomic E-state index is 12.9. The first-order valence-electron chi connectivity index (χ1n) is 10.0. The number of carbonyl (C=O) groups is 1. The monoisotopic (exact) mass is 395 g/mol. The summed E-state index contributed by atoms with van der Waals surface area (Å²) >= 11 is 0.